The van der Waals surface area contributed by atoms with Crippen LogP contribution in [0.5, 0.6) is 0 Å². The summed E-state index contributed by atoms with van der Waals surface area (Å²) >= 11 is 0. The highest BCUT2D eigenvalue weighted by Crippen LogP contribution is 2.26. The molecule has 1 atom stereocenters. The Labute approximate surface area is 265 Å². The lowest BCUT2D eigenvalue weighted by atomic mass is 10.00. The summed E-state index contributed by atoms with van der Waals surface area (Å²) in [7, 11) is 6.07. The van der Waals surface area contributed by atoms with Gasteiger partial charge in [-0.05, 0) is 81.9 Å². The first kappa shape index (κ1) is 30.9. The van der Waals surface area contributed by atoms with Crippen LogP contribution in [0.4, 0.5) is 15.3 Å². The van der Waals surface area contributed by atoms with Gasteiger partial charge >= 0.3 is 12.1 Å². The Hall–Kier alpha value is -4.12. The molecule has 3 aromatic rings. The standard InChI is InChI=1S/C34H45N7O4/c1-23-19-24(20-26-22-35-38(4)31(23)26)21-30(32(42)39-14-10-27(11-15-39)37(2)3)45-34(44)40-16-12-28(13-17-40)41-18-9-25-7-5-6-8-29(25)36-33(41)43/h5-8,19-20,22,27-28,30H,9-18,21H2,1-4H3,(H,36,43)/t30-/m1/s1. The maximum atomic E-state index is 13.9. The van der Waals surface area contributed by atoms with Crippen molar-refractivity contribution in [1.82, 2.24) is 29.4 Å². The SMILES string of the molecule is Cc1cc(C[C@@H](OC(=O)N2CCC(N3CCc4ccccc4NC3=O)CC2)C(=O)N2CCC(N(C)C)CC2)cc2cnn(C)c12. The average molecular weight is 616 g/mol. The van der Waals surface area contributed by atoms with Gasteiger partial charge in [0.15, 0.2) is 6.10 Å². The number of benzene rings is 2. The minimum Gasteiger partial charge on any atom is -0.436 e. The summed E-state index contributed by atoms with van der Waals surface area (Å²) in [5, 5.41) is 8.45. The number of carbonyl (C=O) groups excluding carboxylic acids is 3. The van der Waals surface area contributed by atoms with Crippen LogP contribution < -0.4 is 5.32 Å². The molecule has 0 radical (unpaired) electrons. The summed E-state index contributed by atoms with van der Waals surface area (Å²) in [4.78, 5) is 48.2. The Balaban J connectivity index is 1.12. The number of rotatable bonds is 6. The predicted molar refractivity (Wildman–Crippen MR) is 173 cm³/mol. The van der Waals surface area contributed by atoms with Crippen molar-refractivity contribution in [2.24, 2.45) is 7.05 Å². The number of anilines is 1. The molecule has 1 N–H and O–H groups in total. The van der Waals surface area contributed by atoms with Crippen molar-refractivity contribution in [3.05, 3.63) is 59.3 Å². The van der Waals surface area contributed by atoms with Crippen LogP contribution in [-0.4, -0.2) is 112 Å². The van der Waals surface area contributed by atoms with Gasteiger partial charge in [-0.25, -0.2) is 9.59 Å². The van der Waals surface area contributed by atoms with Crippen molar-refractivity contribution < 1.29 is 19.1 Å². The molecule has 11 nitrogen and oxygen atoms in total. The van der Waals surface area contributed by atoms with Gasteiger partial charge in [0.25, 0.3) is 5.91 Å². The molecule has 11 heteroatoms. The summed E-state index contributed by atoms with van der Waals surface area (Å²) in [5.74, 6) is -0.139. The summed E-state index contributed by atoms with van der Waals surface area (Å²) < 4.78 is 7.93. The zero-order chi connectivity index (χ0) is 31.7. The Bertz CT molecular complexity index is 1550. The van der Waals surface area contributed by atoms with Crippen molar-refractivity contribution >= 4 is 34.6 Å². The van der Waals surface area contributed by atoms with Crippen LogP contribution in [-0.2, 0) is 29.4 Å². The van der Waals surface area contributed by atoms with Gasteiger partial charge in [0, 0.05) is 69.3 Å². The van der Waals surface area contributed by atoms with Gasteiger partial charge in [-0.3, -0.25) is 9.48 Å². The molecule has 0 bridgehead atoms. The van der Waals surface area contributed by atoms with E-state index in [1.54, 1.807) is 4.90 Å². The number of amides is 4. The lowest BCUT2D eigenvalue weighted by Gasteiger charge is -2.38. The number of aromatic nitrogens is 2. The summed E-state index contributed by atoms with van der Waals surface area (Å²) in [6.45, 7) is 4.90. The number of nitrogens with one attached hydrogen (secondary N) is 1. The van der Waals surface area contributed by atoms with E-state index in [2.05, 4.69) is 41.5 Å². The Morgan fingerprint density at radius 1 is 1.02 bits per heavy atom. The Kier molecular flexibility index (Phi) is 8.98. The topological polar surface area (TPSA) is 103 Å². The molecule has 3 aliphatic heterocycles. The van der Waals surface area contributed by atoms with E-state index in [0.29, 0.717) is 58.0 Å². The van der Waals surface area contributed by atoms with Gasteiger partial charge < -0.3 is 29.7 Å². The van der Waals surface area contributed by atoms with E-state index >= 15 is 0 Å². The number of hydrogen-bond donors (Lipinski definition) is 1. The smallest absolute Gasteiger partial charge is 0.410 e. The van der Waals surface area contributed by atoms with Crippen molar-refractivity contribution in [3.63, 3.8) is 0 Å². The van der Waals surface area contributed by atoms with Crippen LogP contribution >= 0.6 is 0 Å². The summed E-state index contributed by atoms with van der Waals surface area (Å²) in [6.07, 6.45) is 4.63. The molecule has 3 aliphatic rings. The van der Waals surface area contributed by atoms with E-state index in [1.165, 1.54) is 0 Å². The Morgan fingerprint density at radius 3 is 2.47 bits per heavy atom. The third kappa shape index (κ3) is 6.63. The fraction of sp³-hybridized carbons (Fsp3) is 0.529. The van der Waals surface area contributed by atoms with Gasteiger partial charge in [0.05, 0.1) is 11.7 Å². The number of fused-ring (bicyclic) bond motifs is 2. The quantitative estimate of drug-likeness (QED) is 0.449. The minimum atomic E-state index is -0.922. The number of carbonyl (C=O) groups is 3. The lowest BCUT2D eigenvalue weighted by molar-refractivity contribution is -0.142. The molecular weight excluding hydrogens is 570 g/mol. The fourth-order valence-corrected chi connectivity index (χ4v) is 7.24. The molecule has 240 valence electrons. The number of para-hydroxylation sites is 1. The van der Waals surface area contributed by atoms with E-state index in [9.17, 15) is 14.4 Å². The molecule has 45 heavy (non-hydrogen) atoms. The van der Waals surface area contributed by atoms with E-state index in [0.717, 1.165) is 52.5 Å². The average Bonchev–Trinajstić information content (AvgIpc) is 3.32. The summed E-state index contributed by atoms with van der Waals surface area (Å²) in [5.41, 5.74) is 5.05. The van der Waals surface area contributed by atoms with E-state index in [4.69, 9.17) is 4.74 Å². The normalized spacial score (nSPS) is 19.0. The minimum absolute atomic E-state index is 0.0352. The number of piperidine rings is 2. The molecule has 0 spiro atoms. The molecule has 4 heterocycles. The van der Waals surface area contributed by atoms with Gasteiger partial charge in [0.1, 0.15) is 0 Å². The molecule has 0 unspecified atom stereocenters. The van der Waals surface area contributed by atoms with Gasteiger partial charge in [-0.1, -0.05) is 24.3 Å². The highest BCUT2D eigenvalue weighted by Gasteiger charge is 2.35. The zero-order valence-corrected chi connectivity index (χ0v) is 26.9. The van der Waals surface area contributed by atoms with Gasteiger partial charge in [0.2, 0.25) is 0 Å². The number of hydrogen-bond acceptors (Lipinski definition) is 6. The second kappa shape index (κ2) is 13.1. The lowest BCUT2D eigenvalue weighted by Crippen LogP contribution is -2.52. The van der Waals surface area contributed by atoms with Crippen LogP contribution in [0.3, 0.4) is 0 Å². The van der Waals surface area contributed by atoms with Crippen LogP contribution in [0.15, 0.2) is 42.6 Å². The third-order valence-corrected chi connectivity index (χ3v) is 9.83. The maximum absolute atomic E-state index is 13.9. The molecule has 0 saturated carbocycles. The molecule has 2 aromatic carbocycles. The number of likely N-dealkylation sites (tertiary alicyclic amines) is 2. The number of urea groups is 1. The molecule has 2 saturated heterocycles. The fourth-order valence-electron chi connectivity index (χ4n) is 7.24. The first-order valence-corrected chi connectivity index (χ1v) is 16.2. The second-order valence-corrected chi connectivity index (χ2v) is 13.0. The zero-order valence-electron chi connectivity index (χ0n) is 26.9. The molecule has 4 amide bonds. The van der Waals surface area contributed by atoms with Crippen LogP contribution in [0.25, 0.3) is 10.9 Å². The molecule has 2 fully saturated rings. The largest absolute Gasteiger partial charge is 0.436 e. The van der Waals surface area contributed by atoms with Crippen LogP contribution in [0.2, 0.25) is 0 Å². The number of nitrogens with zero attached hydrogens (tertiary/aromatic N) is 6. The number of ether oxygens (including phenoxy) is 1. The highest BCUT2D eigenvalue weighted by molar-refractivity contribution is 5.91. The van der Waals surface area contributed by atoms with Crippen molar-refractivity contribution in [3.8, 4) is 0 Å². The van der Waals surface area contributed by atoms with E-state index < -0.39 is 12.2 Å². The monoisotopic (exact) mass is 615 g/mol. The van der Waals surface area contributed by atoms with Crippen molar-refractivity contribution in [2.75, 3.05) is 52.1 Å². The van der Waals surface area contributed by atoms with Crippen LogP contribution in [0, 0.1) is 6.92 Å². The first-order valence-electron chi connectivity index (χ1n) is 16.2. The van der Waals surface area contributed by atoms with E-state index in [1.807, 2.05) is 58.9 Å². The van der Waals surface area contributed by atoms with Gasteiger partial charge in [-0.15, -0.1) is 0 Å². The maximum Gasteiger partial charge on any atom is 0.410 e. The molecule has 0 aliphatic carbocycles. The summed E-state index contributed by atoms with van der Waals surface area (Å²) in [6, 6.07) is 12.4. The predicted octanol–water partition coefficient (Wildman–Crippen LogP) is 4.04. The molecule has 6 rings (SSSR count). The molecule has 1 aromatic heterocycles. The van der Waals surface area contributed by atoms with Crippen molar-refractivity contribution in [1.29, 1.82) is 0 Å². The number of aryl methyl sites for hydroxylation is 2. The van der Waals surface area contributed by atoms with Gasteiger partial charge in [-0.2, -0.15) is 5.10 Å². The Morgan fingerprint density at radius 2 is 1.73 bits per heavy atom. The van der Waals surface area contributed by atoms with Crippen molar-refractivity contribution in [2.45, 2.75) is 63.6 Å². The second-order valence-electron chi connectivity index (χ2n) is 13.0. The first-order chi connectivity index (χ1) is 21.7. The molecular formula is C34H45N7O4. The van der Waals surface area contributed by atoms with E-state index in [-0.39, 0.29) is 18.0 Å². The van der Waals surface area contributed by atoms with Crippen LogP contribution in [0.1, 0.15) is 42.4 Å². The highest BCUT2D eigenvalue weighted by atomic mass is 16.6. The third-order valence-electron chi connectivity index (χ3n) is 9.83.